The summed E-state index contributed by atoms with van der Waals surface area (Å²) >= 11 is 0. The Labute approximate surface area is 198 Å². The second-order valence-electron chi connectivity index (χ2n) is 6.46. The molecular weight excluding hydrogens is 462 g/mol. The highest BCUT2D eigenvalue weighted by Crippen LogP contribution is 2.59. The molecule has 0 aliphatic carbocycles. The first-order valence-corrected chi connectivity index (χ1v) is 11.3. The number of hydrogen-bond donors (Lipinski definition) is 0. The Morgan fingerprint density at radius 1 is 0.912 bits per heavy atom. The van der Waals surface area contributed by atoms with Crippen LogP contribution in [0.2, 0.25) is 0 Å². The van der Waals surface area contributed by atoms with E-state index in [1.807, 2.05) is 0 Å². The van der Waals surface area contributed by atoms with Crippen molar-refractivity contribution < 1.29 is 28.4 Å². The zero-order valence-electron chi connectivity index (χ0n) is 17.9. The van der Waals surface area contributed by atoms with Crippen LogP contribution in [0.3, 0.4) is 0 Å². The van der Waals surface area contributed by atoms with Crippen LogP contribution in [0.25, 0.3) is 0 Å². The minimum absolute atomic E-state index is 0.0232. The summed E-state index contributed by atoms with van der Waals surface area (Å²) in [5.41, 5.74) is -0.124. The van der Waals surface area contributed by atoms with Crippen molar-refractivity contribution in [3.63, 3.8) is 0 Å². The van der Waals surface area contributed by atoms with Crippen molar-refractivity contribution in [3.8, 4) is 36.2 Å². The second kappa shape index (κ2) is 12.4. The molecule has 2 aromatic carbocycles. The lowest BCUT2D eigenvalue weighted by Crippen LogP contribution is -2.06. The molecule has 0 saturated heterocycles. The molecule has 2 aromatic rings. The van der Waals surface area contributed by atoms with Gasteiger partial charge in [0.1, 0.15) is 37.9 Å². The van der Waals surface area contributed by atoms with Crippen molar-refractivity contribution in [2.45, 2.75) is 13.2 Å². The first-order valence-electron chi connectivity index (χ1n) is 9.50. The van der Waals surface area contributed by atoms with E-state index < -0.39 is 17.4 Å². The molecule has 0 bridgehead atoms. The summed E-state index contributed by atoms with van der Waals surface area (Å²) in [6, 6.07) is 8.12. The van der Waals surface area contributed by atoms with Crippen molar-refractivity contribution in [2.75, 3.05) is 13.2 Å². The summed E-state index contributed by atoms with van der Waals surface area (Å²) in [5.74, 6) is 6.43. The second-order valence-corrected chi connectivity index (χ2v) is 8.63. The number of terminal acetylenes is 2. The van der Waals surface area contributed by atoms with Crippen LogP contribution in [0.1, 0.15) is 11.1 Å². The fraction of sp³-hybridized carbons (Fsp3) is 0.182. The van der Waals surface area contributed by atoms with E-state index in [1.54, 1.807) is 0 Å². The molecule has 2 radical (unpaired) electrons. The Kier molecular flexibility index (Phi) is 9.60. The van der Waals surface area contributed by atoms with Crippen molar-refractivity contribution in [2.24, 2.45) is 0 Å². The number of nitrogens with zero attached hydrogens (tertiary/aromatic N) is 2. The first-order chi connectivity index (χ1) is 16.2. The molecule has 34 heavy (non-hydrogen) atoms. The third-order valence-corrected chi connectivity index (χ3v) is 5.81. The van der Waals surface area contributed by atoms with Crippen LogP contribution in [-0.2, 0) is 22.3 Å². The molecule has 0 atom stereocenters. The maximum absolute atomic E-state index is 11.4. The summed E-state index contributed by atoms with van der Waals surface area (Å²) in [6.45, 7) is 2.93. The Morgan fingerprint density at radius 3 is 1.65 bits per heavy atom. The van der Waals surface area contributed by atoms with E-state index in [2.05, 4.69) is 18.4 Å². The molecule has 0 aromatic heterocycles. The lowest BCUT2D eigenvalue weighted by molar-refractivity contribution is -0.385. The molecule has 0 spiro atoms. The van der Waals surface area contributed by atoms with Gasteiger partial charge in [0.25, 0.3) is 11.4 Å². The molecule has 0 amide bonds. The number of rotatable bonds is 13. The smallest absolute Gasteiger partial charge is 0.450 e. The van der Waals surface area contributed by atoms with Gasteiger partial charge >= 0.3 is 7.57 Å². The summed E-state index contributed by atoms with van der Waals surface area (Å²) in [4.78, 5) is 21.6. The predicted molar refractivity (Wildman–Crippen MR) is 127 cm³/mol. The van der Waals surface area contributed by atoms with Gasteiger partial charge in [0.15, 0.2) is 0 Å². The summed E-state index contributed by atoms with van der Waals surface area (Å²) in [6.07, 6.45) is 10.3. The van der Waals surface area contributed by atoms with Gasteiger partial charge in [-0.25, -0.2) is 9.05 Å². The topological polar surface area (TPSA) is 123 Å². The number of benzene rings is 2. The van der Waals surface area contributed by atoms with Gasteiger partial charge in [-0.05, 0) is 24.3 Å². The summed E-state index contributed by atoms with van der Waals surface area (Å²) in [5, 5.41) is 22.8. The van der Waals surface area contributed by atoms with E-state index >= 15 is 0 Å². The van der Waals surface area contributed by atoms with Crippen molar-refractivity contribution in [1.82, 2.24) is 0 Å². The SMILES string of the molecule is [B][P+](C=C)(OCc1cc(OCC#C)ccc1[N+](=O)[O-])OCc1cc(OCC#C)ccc1[N+](=O)[O-]. The number of nitro benzene ring substituents is 2. The average Bonchev–Trinajstić information content (AvgIpc) is 2.83. The molecule has 0 saturated carbocycles. The quantitative estimate of drug-likeness (QED) is 0.136. The van der Waals surface area contributed by atoms with Crippen LogP contribution >= 0.6 is 7.59 Å². The number of ether oxygens (including phenoxy) is 2. The van der Waals surface area contributed by atoms with E-state index in [0.717, 1.165) is 0 Å². The Hall–Kier alpha value is -3.89. The maximum atomic E-state index is 11.4. The van der Waals surface area contributed by atoms with Crippen LogP contribution in [-0.4, -0.2) is 30.6 Å². The Bertz CT molecular complexity index is 1080. The van der Waals surface area contributed by atoms with Gasteiger partial charge in [-0.3, -0.25) is 20.2 Å². The van der Waals surface area contributed by atoms with E-state index in [9.17, 15) is 20.2 Å². The third kappa shape index (κ3) is 7.33. The molecule has 0 aliphatic rings. The lowest BCUT2D eigenvalue weighted by atomic mass is 10.2. The highest BCUT2D eigenvalue weighted by atomic mass is 31.2. The Balaban J connectivity index is 2.20. The summed E-state index contributed by atoms with van der Waals surface area (Å²) in [7, 11) is 2.89. The highest BCUT2D eigenvalue weighted by molar-refractivity contribution is 7.92. The van der Waals surface area contributed by atoms with Crippen LogP contribution in [0.5, 0.6) is 11.5 Å². The van der Waals surface area contributed by atoms with Crippen LogP contribution in [0, 0.1) is 44.9 Å². The molecule has 172 valence electrons. The lowest BCUT2D eigenvalue weighted by Gasteiger charge is -2.17. The van der Waals surface area contributed by atoms with Gasteiger partial charge < -0.3 is 9.47 Å². The Morgan fingerprint density at radius 2 is 1.32 bits per heavy atom. The molecule has 2 rings (SSSR count). The molecule has 12 heteroatoms. The summed E-state index contributed by atoms with van der Waals surface area (Å²) < 4.78 is 21.9. The van der Waals surface area contributed by atoms with Gasteiger partial charge in [0, 0.05) is 12.1 Å². The van der Waals surface area contributed by atoms with Gasteiger partial charge in [0.05, 0.1) is 26.8 Å². The van der Waals surface area contributed by atoms with E-state index in [-0.39, 0.29) is 48.9 Å². The van der Waals surface area contributed by atoms with Crippen molar-refractivity contribution in [1.29, 1.82) is 0 Å². The van der Waals surface area contributed by atoms with Gasteiger partial charge in [0.2, 0.25) is 7.59 Å². The molecule has 0 N–H and O–H groups in total. The fourth-order valence-electron chi connectivity index (χ4n) is 2.62. The number of nitro groups is 2. The maximum Gasteiger partial charge on any atom is 0.450 e. The van der Waals surface area contributed by atoms with Crippen molar-refractivity contribution in [3.05, 3.63) is 80.1 Å². The van der Waals surface area contributed by atoms with Crippen molar-refractivity contribution >= 4 is 26.5 Å². The normalized spacial score (nSPS) is 10.5. The fourth-order valence-corrected chi connectivity index (χ4v) is 3.59. The largest absolute Gasteiger partial charge is 0.481 e. The van der Waals surface area contributed by atoms with Crippen LogP contribution < -0.4 is 9.47 Å². The molecule has 10 nitrogen and oxygen atoms in total. The molecular formula is C22H19BN2O8P+. The predicted octanol–water partition coefficient (Wildman–Crippen LogP) is 4.34. The number of hydrogen-bond acceptors (Lipinski definition) is 8. The zero-order valence-corrected chi connectivity index (χ0v) is 18.8. The first kappa shape index (κ1) is 26.4. The molecule has 0 fully saturated rings. The van der Waals surface area contributed by atoms with Gasteiger partial charge in [-0.1, -0.05) is 18.4 Å². The van der Waals surface area contributed by atoms with Gasteiger partial charge in [-0.15, -0.1) is 12.8 Å². The third-order valence-electron chi connectivity index (χ3n) is 4.24. The van der Waals surface area contributed by atoms with E-state index in [4.69, 9.17) is 38.9 Å². The zero-order chi connectivity index (χ0) is 25.1. The van der Waals surface area contributed by atoms with Crippen LogP contribution in [0.15, 0.2) is 48.8 Å². The molecule has 0 unspecified atom stereocenters. The van der Waals surface area contributed by atoms with Crippen LogP contribution in [0.4, 0.5) is 11.4 Å². The minimum atomic E-state index is -3.28. The minimum Gasteiger partial charge on any atom is -0.481 e. The molecule has 0 heterocycles. The van der Waals surface area contributed by atoms with E-state index in [1.165, 1.54) is 42.2 Å². The average molecular weight is 481 g/mol. The highest BCUT2D eigenvalue weighted by Gasteiger charge is 2.35. The monoisotopic (exact) mass is 481 g/mol. The molecule has 0 aliphatic heterocycles. The van der Waals surface area contributed by atoms with E-state index in [0.29, 0.717) is 11.5 Å². The van der Waals surface area contributed by atoms with Gasteiger partial charge in [-0.2, -0.15) is 0 Å². The standard InChI is InChI=1S/C22H19BN2O8P/c1-4-11-30-19-7-9-21(24(26)27)17(13-19)15-32-34(23,6-3)33-16-18-14-20(31-12-5-2)8-10-22(18)25(28)29/h1-2,6-10,13-14H,3,11-12,15-16H2/q+1.